The second-order valence-corrected chi connectivity index (χ2v) is 5.80. The van der Waals surface area contributed by atoms with E-state index in [0.717, 1.165) is 22.8 Å². The number of benzene rings is 1. The van der Waals surface area contributed by atoms with Gasteiger partial charge in [-0.2, -0.15) is 0 Å². The molecular weight excluding hydrogens is 290 g/mol. The van der Waals surface area contributed by atoms with Crippen LogP contribution in [0.15, 0.2) is 40.8 Å². The highest BCUT2D eigenvalue weighted by Gasteiger charge is 2.11. The van der Waals surface area contributed by atoms with Crippen molar-refractivity contribution < 1.29 is 9.21 Å². The molecule has 1 atom stereocenters. The van der Waals surface area contributed by atoms with Crippen molar-refractivity contribution >= 4 is 11.7 Å². The van der Waals surface area contributed by atoms with Crippen molar-refractivity contribution in [2.24, 2.45) is 0 Å². The molecular formula is C18H25N3O2. The van der Waals surface area contributed by atoms with Crippen molar-refractivity contribution in [1.82, 2.24) is 10.6 Å². The highest BCUT2D eigenvalue weighted by Crippen LogP contribution is 2.14. The van der Waals surface area contributed by atoms with Crippen molar-refractivity contribution in [2.75, 3.05) is 18.5 Å². The van der Waals surface area contributed by atoms with Crippen molar-refractivity contribution in [3.8, 4) is 0 Å². The predicted molar refractivity (Wildman–Crippen MR) is 92.7 cm³/mol. The second kappa shape index (κ2) is 7.72. The molecule has 1 unspecified atom stereocenters. The number of hydrogen-bond acceptors (Lipinski definition) is 3. The molecule has 0 saturated carbocycles. The summed E-state index contributed by atoms with van der Waals surface area (Å²) in [5.74, 6) is 1.71. The number of nitrogens with zero attached hydrogens (tertiary/aromatic N) is 1. The minimum atomic E-state index is -0.170. The quantitative estimate of drug-likeness (QED) is 0.860. The van der Waals surface area contributed by atoms with E-state index in [0.29, 0.717) is 13.1 Å². The standard InChI is InChI=1S/C18H25N3O2/c1-13(21(4)17-8-6-5-7-9-17)11-19-18(22)20-12-16-10-14(2)23-15(16)3/h5-10,13H,11-12H2,1-4H3,(H2,19,20,22). The van der Waals surface area contributed by atoms with Gasteiger partial charge in [0.2, 0.25) is 0 Å². The molecule has 23 heavy (non-hydrogen) atoms. The predicted octanol–water partition coefficient (Wildman–Crippen LogP) is 3.22. The molecule has 0 aliphatic carbocycles. The van der Waals surface area contributed by atoms with Crippen LogP contribution in [0, 0.1) is 13.8 Å². The number of anilines is 1. The van der Waals surface area contributed by atoms with Crippen LogP contribution in [-0.4, -0.2) is 25.7 Å². The van der Waals surface area contributed by atoms with Crippen molar-refractivity contribution in [1.29, 1.82) is 0 Å². The van der Waals surface area contributed by atoms with Crippen LogP contribution in [-0.2, 0) is 6.54 Å². The number of carbonyl (C=O) groups is 1. The fourth-order valence-corrected chi connectivity index (χ4v) is 2.39. The van der Waals surface area contributed by atoms with Gasteiger partial charge in [-0.15, -0.1) is 0 Å². The average molecular weight is 315 g/mol. The van der Waals surface area contributed by atoms with E-state index in [1.165, 1.54) is 0 Å². The Morgan fingerprint density at radius 3 is 2.52 bits per heavy atom. The van der Waals surface area contributed by atoms with Crippen LogP contribution in [0.2, 0.25) is 0 Å². The van der Waals surface area contributed by atoms with Gasteiger partial charge < -0.3 is 20.0 Å². The summed E-state index contributed by atoms with van der Waals surface area (Å²) in [6.07, 6.45) is 0. The van der Waals surface area contributed by atoms with Gasteiger partial charge in [0.1, 0.15) is 11.5 Å². The first-order valence-electron chi connectivity index (χ1n) is 7.83. The maximum atomic E-state index is 11.9. The monoisotopic (exact) mass is 315 g/mol. The number of amides is 2. The number of aryl methyl sites for hydroxylation is 2. The molecule has 1 aromatic heterocycles. The molecule has 5 heteroatoms. The van der Waals surface area contributed by atoms with E-state index in [1.807, 2.05) is 45.2 Å². The summed E-state index contributed by atoms with van der Waals surface area (Å²) in [4.78, 5) is 14.1. The number of carbonyl (C=O) groups excluding carboxylic acids is 1. The maximum Gasteiger partial charge on any atom is 0.315 e. The van der Waals surface area contributed by atoms with E-state index in [9.17, 15) is 4.79 Å². The van der Waals surface area contributed by atoms with Crippen LogP contribution < -0.4 is 15.5 Å². The van der Waals surface area contributed by atoms with Gasteiger partial charge in [-0.3, -0.25) is 0 Å². The maximum absolute atomic E-state index is 11.9. The Balaban J connectivity index is 1.76. The summed E-state index contributed by atoms with van der Waals surface area (Å²) in [6.45, 7) is 6.92. The lowest BCUT2D eigenvalue weighted by Crippen LogP contribution is -2.43. The normalized spacial score (nSPS) is 11.8. The van der Waals surface area contributed by atoms with Gasteiger partial charge in [-0.05, 0) is 39.0 Å². The molecule has 2 N–H and O–H groups in total. The summed E-state index contributed by atoms with van der Waals surface area (Å²) in [7, 11) is 2.02. The van der Waals surface area contributed by atoms with Gasteiger partial charge in [-0.25, -0.2) is 4.79 Å². The van der Waals surface area contributed by atoms with E-state index in [1.54, 1.807) is 0 Å². The van der Waals surface area contributed by atoms with Gasteiger partial charge >= 0.3 is 6.03 Å². The van der Waals surface area contributed by atoms with Crippen LogP contribution in [0.5, 0.6) is 0 Å². The summed E-state index contributed by atoms with van der Waals surface area (Å²) in [5.41, 5.74) is 2.14. The average Bonchev–Trinajstić information content (AvgIpc) is 2.88. The van der Waals surface area contributed by atoms with Crippen molar-refractivity contribution in [3.05, 3.63) is 53.5 Å². The van der Waals surface area contributed by atoms with Gasteiger partial charge in [-0.1, -0.05) is 18.2 Å². The number of furan rings is 1. The molecule has 2 amide bonds. The number of hydrogen-bond donors (Lipinski definition) is 2. The first-order valence-corrected chi connectivity index (χ1v) is 7.83. The van der Waals surface area contributed by atoms with Gasteiger partial charge in [0.15, 0.2) is 0 Å². The minimum absolute atomic E-state index is 0.170. The molecule has 0 aliphatic heterocycles. The molecule has 2 aromatic rings. The number of likely N-dealkylation sites (N-methyl/N-ethyl adjacent to an activating group) is 1. The number of rotatable bonds is 6. The summed E-state index contributed by atoms with van der Waals surface area (Å²) < 4.78 is 5.45. The zero-order valence-corrected chi connectivity index (χ0v) is 14.2. The van der Waals surface area contributed by atoms with E-state index in [4.69, 9.17) is 4.42 Å². The van der Waals surface area contributed by atoms with E-state index in [-0.39, 0.29) is 12.1 Å². The molecule has 0 saturated heterocycles. The Morgan fingerprint density at radius 2 is 1.91 bits per heavy atom. The smallest absolute Gasteiger partial charge is 0.315 e. The molecule has 124 valence electrons. The summed E-state index contributed by atoms with van der Waals surface area (Å²) in [5, 5.41) is 5.77. The van der Waals surface area contributed by atoms with Crippen molar-refractivity contribution in [3.63, 3.8) is 0 Å². The van der Waals surface area contributed by atoms with Crippen LogP contribution >= 0.6 is 0 Å². The third-order valence-corrected chi connectivity index (χ3v) is 3.97. The highest BCUT2D eigenvalue weighted by atomic mass is 16.3. The topological polar surface area (TPSA) is 57.5 Å². The Hall–Kier alpha value is -2.43. The summed E-state index contributed by atoms with van der Waals surface area (Å²) in [6, 6.07) is 12.1. The van der Waals surface area contributed by atoms with E-state index < -0.39 is 0 Å². The second-order valence-electron chi connectivity index (χ2n) is 5.80. The molecule has 5 nitrogen and oxygen atoms in total. The van der Waals surface area contributed by atoms with Crippen LogP contribution in [0.4, 0.5) is 10.5 Å². The first-order chi connectivity index (χ1) is 11.0. The van der Waals surface area contributed by atoms with E-state index >= 15 is 0 Å². The molecule has 0 spiro atoms. The van der Waals surface area contributed by atoms with Gasteiger partial charge in [0.25, 0.3) is 0 Å². The van der Waals surface area contributed by atoms with Crippen LogP contribution in [0.3, 0.4) is 0 Å². The molecule has 0 radical (unpaired) electrons. The zero-order valence-electron chi connectivity index (χ0n) is 14.2. The van der Waals surface area contributed by atoms with Crippen LogP contribution in [0.25, 0.3) is 0 Å². The Morgan fingerprint density at radius 1 is 1.22 bits per heavy atom. The number of nitrogens with one attached hydrogen (secondary N) is 2. The van der Waals surface area contributed by atoms with Crippen molar-refractivity contribution in [2.45, 2.75) is 33.4 Å². The van der Waals surface area contributed by atoms with Gasteiger partial charge in [0.05, 0.1) is 0 Å². The van der Waals surface area contributed by atoms with Crippen LogP contribution in [0.1, 0.15) is 24.0 Å². The summed E-state index contributed by atoms with van der Waals surface area (Å²) >= 11 is 0. The lowest BCUT2D eigenvalue weighted by atomic mass is 10.2. The Kier molecular flexibility index (Phi) is 5.68. The van der Waals surface area contributed by atoms with E-state index in [2.05, 4.69) is 34.6 Å². The Bertz CT molecular complexity index is 637. The lowest BCUT2D eigenvalue weighted by molar-refractivity contribution is 0.240. The largest absolute Gasteiger partial charge is 0.466 e. The molecule has 2 rings (SSSR count). The fourth-order valence-electron chi connectivity index (χ4n) is 2.39. The number of para-hydroxylation sites is 1. The molecule has 0 bridgehead atoms. The first kappa shape index (κ1) is 16.9. The third kappa shape index (κ3) is 4.77. The fraction of sp³-hybridized carbons (Fsp3) is 0.389. The Labute approximate surface area is 137 Å². The molecule has 1 heterocycles. The SMILES string of the molecule is Cc1cc(CNC(=O)NCC(C)N(C)c2ccccc2)c(C)o1. The third-order valence-electron chi connectivity index (χ3n) is 3.97. The molecule has 0 fully saturated rings. The lowest BCUT2D eigenvalue weighted by Gasteiger charge is -2.27. The molecule has 1 aromatic carbocycles. The minimum Gasteiger partial charge on any atom is -0.466 e. The zero-order chi connectivity index (χ0) is 16.8. The molecule has 0 aliphatic rings. The highest BCUT2D eigenvalue weighted by molar-refractivity contribution is 5.74. The van der Waals surface area contributed by atoms with Gasteiger partial charge in [0, 0.05) is 37.4 Å². The number of urea groups is 1.